The molecule has 0 unspecified atom stereocenters. The number of aromatic nitrogens is 2. The van der Waals surface area contributed by atoms with Crippen LogP contribution in [0.25, 0.3) is 11.3 Å². The Labute approximate surface area is 120 Å². The third-order valence-corrected chi connectivity index (χ3v) is 3.60. The summed E-state index contributed by atoms with van der Waals surface area (Å²) in [6.07, 6.45) is 0.862. The van der Waals surface area contributed by atoms with Crippen molar-refractivity contribution >= 4 is 27.5 Å². The fourth-order valence-electron chi connectivity index (χ4n) is 1.92. The highest BCUT2D eigenvalue weighted by Crippen LogP contribution is 2.29. The highest BCUT2D eigenvalue weighted by atomic mass is 79.9. The fraction of sp³-hybridized carbons (Fsp3) is 0.308. The maximum Gasteiger partial charge on any atom is 0.155 e. The van der Waals surface area contributed by atoms with Crippen molar-refractivity contribution in [2.75, 3.05) is 13.6 Å². The van der Waals surface area contributed by atoms with Crippen molar-refractivity contribution in [3.8, 4) is 11.3 Å². The molecule has 0 saturated heterocycles. The second-order valence-electron chi connectivity index (χ2n) is 4.09. The Hall–Kier alpha value is -0.840. The number of hydrogen-bond donors (Lipinski definition) is 1. The average Bonchev–Trinajstić information content (AvgIpc) is 2.62. The smallest absolute Gasteiger partial charge is 0.155 e. The van der Waals surface area contributed by atoms with Crippen molar-refractivity contribution in [2.45, 2.75) is 6.42 Å². The van der Waals surface area contributed by atoms with Gasteiger partial charge in [0.15, 0.2) is 5.15 Å². The minimum atomic E-state index is 0.557. The fourth-order valence-corrected chi connectivity index (χ4v) is 2.65. The first-order valence-corrected chi connectivity index (χ1v) is 6.92. The molecule has 0 amide bonds. The van der Waals surface area contributed by atoms with Crippen LogP contribution in [0.3, 0.4) is 0 Å². The number of benzene rings is 1. The molecule has 1 heterocycles. The molecule has 0 saturated carbocycles. The van der Waals surface area contributed by atoms with Gasteiger partial charge in [-0.1, -0.05) is 39.7 Å². The van der Waals surface area contributed by atoms with Gasteiger partial charge in [0.25, 0.3) is 0 Å². The Balaban J connectivity index is 2.42. The van der Waals surface area contributed by atoms with E-state index in [-0.39, 0.29) is 0 Å². The van der Waals surface area contributed by atoms with Crippen LogP contribution in [-0.2, 0) is 13.5 Å². The zero-order valence-corrected chi connectivity index (χ0v) is 12.7. The van der Waals surface area contributed by atoms with E-state index in [9.17, 15) is 0 Å². The average molecular weight is 329 g/mol. The molecule has 3 nitrogen and oxygen atoms in total. The topological polar surface area (TPSA) is 29.9 Å². The van der Waals surface area contributed by atoms with E-state index >= 15 is 0 Å². The summed E-state index contributed by atoms with van der Waals surface area (Å²) in [5, 5.41) is 3.67. The molecule has 0 aliphatic carbocycles. The van der Waals surface area contributed by atoms with Gasteiger partial charge in [-0.25, -0.2) is 4.98 Å². The summed E-state index contributed by atoms with van der Waals surface area (Å²) in [5.74, 6) is 0.990. The van der Waals surface area contributed by atoms with Gasteiger partial charge >= 0.3 is 0 Å². The van der Waals surface area contributed by atoms with Gasteiger partial charge in [-0.05, 0) is 19.2 Å². The van der Waals surface area contributed by atoms with Crippen LogP contribution in [0.2, 0.25) is 5.15 Å². The van der Waals surface area contributed by atoms with E-state index in [0.717, 1.165) is 34.5 Å². The predicted octanol–water partition coefficient (Wildman–Crippen LogP) is 3.26. The van der Waals surface area contributed by atoms with Gasteiger partial charge in [0.1, 0.15) is 5.82 Å². The summed E-state index contributed by atoms with van der Waals surface area (Å²) in [5.41, 5.74) is 2.03. The lowest BCUT2D eigenvalue weighted by molar-refractivity contribution is 0.720. The quantitative estimate of drug-likeness (QED) is 0.933. The Morgan fingerprint density at radius 1 is 1.44 bits per heavy atom. The van der Waals surface area contributed by atoms with Crippen molar-refractivity contribution in [1.29, 1.82) is 0 Å². The molecule has 0 fully saturated rings. The van der Waals surface area contributed by atoms with Gasteiger partial charge in [0, 0.05) is 30.0 Å². The highest BCUT2D eigenvalue weighted by molar-refractivity contribution is 9.10. The van der Waals surface area contributed by atoms with Gasteiger partial charge in [-0.3, -0.25) is 0 Å². The third-order valence-electron chi connectivity index (χ3n) is 2.84. The lowest BCUT2D eigenvalue weighted by Crippen LogP contribution is -2.13. The Kier molecular flexibility index (Phi) is 4.43. The molecule has 0 radical (unpaired) electrons. The number of imidazole rings is 1. The van der Waals surface area contributed by atoms with Crippen LogP contribution in [0.15, 0.2) is 28.7 Å². The molecule has 5 heteroatoms. The Morgan fingerprint density at radius 3 is 2.89 bits per heavy atom. The highest BCUT2D eigenvalue weighted by Gasteiger charge is 2.14. The molecule has 1 N–H and O–H groups in total. The molecular weight excluding hydrogens is 314 g/mol. The number of hydrogen-bond acceptors (Lipinski definition) is 2. The number of halogens is 2. The molecule has 1 aromatic carbocycles. The standard InChI is InChI=1S/C13H15BrClN3/c1-16-7-6-11-17-13(15)12(18(11)2)9-4-3-5-10(14)8-9/h3-5,8,16H,6-7H2,1-2H3. The van der Waals surface area contributed by atoms with Crippen LogP contribution >= 0.6 is 27.5 Å². The molecule has 1 aromatic heterocycles. The van der Waals surface area contributed by atoms with E-state index in [0.29, 0.717) is 5.15 Å². The van der Waals surface area contributed by atoms with E-state index in [1.54, 1.807) is 0 Å². The van der Waals surface area contributed by atoms with Gasteiger partial charge < -0.3 is 9.88 Å². The first kappa shape index (κ1) is 13.6. The zero-order valence-electron chi connectivity index (χ0n) is 10.4. The van der Waals surface area contributed by atoms with Crippen molar-refractivity contribution < 1.29 is 0 Å². The number of nitrogens with zero attached hydrogens (tertiary/aromatic N) is 2. The van der Waals surface area contributed by atoms with Gasteiger partial charge in [0.05, 0.1) is 5.69 Å². The van der Waals surface area contributed by atoms with Crippen molar-refractivity contribution in [2.24, 2.45) is 7.05 Å². The van der Waals surface area contributed by atoms with E-state index < -0.39 is 0 Å². The van der Waals surface area contributed by atoms with Crippen LogP contribution < -0.4 is 5.32 Å². The van der Waals surface area contributed by atoms with Crippen LogP contribution in [0.4, 0.5) is 0 Å². The first-order chi connectivity index (χ1) is 8.63. The molecule has 0 atom stereocenters. The van der Waals surface area contributed by atoms with Crippen LogP contribution in [0.5, 0.6) is 0 Å². The molecule has 0 spiro atoms. The van der Waals surface area contributed by atoms with Crippen molar-refractivity contribution in [3.63, 3.8) is 0 Å². The Bertz CT molecular complexity index is 551. The molecule has 0 aliphatic heterocycles. The first-order valence-electron chi connectivity index (χ1n) is 5.75. The molecule has 96 valence electrons. The Morgan fingerprint density at radius 2 is 2.22 bits per heavy atom. The van der Waals surface area contributed by atoms with E-state index in [4.69, 9.17) is 11.6 Å². The second-order valence-corrected chi connectivity index (χ2v) is 5.36. The van der Waals surface area contributed by atoms with Crippen molar-refractivity contribution in [1.82, 2.24) is 14.9 Å². The summed E-state index contributed by atoms with van der Waals surface area (Å²) in [4.78, 5) is 4.43. The van der Waals surface area contributed by atoms with E-state index in [1.165, 1.54) is 0 Å². The molecule has 2 rings (SSSR count). The second kappa shape index (κ2) is 5.87. The summed E-state index contributed by atoms with van der Waals surface area (Å²) in [7, 11) is 3.93. The lowest BCUT2D eigenvalue weighted by Gasteiger charge is -2.06. The molecule has 0 aliphatic rings. The molecule has 2 aromatic rings. The summed E-state index contributed by atoms with van der Waals surface area (Å²) in [6.45, 7) is 0.888. The van der Waals surface area contributed by atoms with Crippen LogP contribution in [-0.4, -0.2) is 23.1 Å². The van der Waals surface area contributed by atoms with Crippen molar-refractivity contribution in [3.05, 3.63) is 39.7 Å². The lowest BCUT2D eigenvalue weighted by atomic mass is 10.2. The van der Waals surface area contributed by atoms with E-state index in [2.05, 4.69) is 30.8 Å². The maximum atomic E-state index is 6.25. The molecular formula is C13H15BrClN3. The summed E-state index contributed by atoms with van der Waals surface area (Å²) >= 11 is 9.72. The largest absolute Gasteiger partial charge is 0.330 e. The molecule has 18 heavy (non-hydrogen) atoms. The SMILES string of the molecule is CNCCc1nc(Cl)c(-c2cccc(Br)c2)n1C. The van der Waals surface area contributed by atoms with Gasteiger partial charge in [-0.15, -0.1) is 0 Å². The minimum absolute atomic E-state index is 0.557. The normalized spacial score (nSPS) is 10.9. The molecule has 0 bridgehead atoms. The van der Waals surface area contributed by atoms with Gasteiger partial charge in [0.2, 0.25) is 0 Å². The predicted molar refractivity (Wildman–Crippen MR) is 79.0 cm³/mol. The zero-order chi connectivity index (χ0) is 13.1. The maximum absolute atomic E-state index is 6.25. The third kappa shape index (κ3) is 2.76. The minimum Gasteiger partial charge on any atom is -0.330 e. The van der Waals surface area contributed by atoms with Crippen LogP contribution in [0.1, 0.15) is 5.82 Å². The number of likely N-dealkylation sites (N-methyl/N-ethyl adjacent to an activating group) is 1. The number of rotatable bonds is 4. The number of nitrogens with one attached hydrogen (secondary N) is 1. The monoisotopic (exact) mass is 327 g/mol. The van der Waals surface area contributed by atoms with E-state index in [1.807, 2.05) is 38.4 Å². The summed E-state index contributed by atoms with van der Waals surface area (Å²) < 4.78 is 3.09. The summed E-state index contributed by atoms with van der Waals surface area (Å²) in [6, 6.07) is 8.08. The van der Waals surface area contributed by atoms with Crippen LogP contribution in [0, 0.1) is 0 Å². The van der Waals surface area contributed by atoms with Gasteiger partial charge in [-0.2, -0.15) is 0 Å².